The molecule has 0 radical (unpaired) electrons. The van der Waals surface area contributed by atoms with Gasteiger partial charge in [0, 0.05) is 12.8 Å². The fraction of sp³-hybridized carbons (Fsp3) is 0.375. The van der Waals surface area contributed by atoms with E-state index in [0.29, 0.717) is 11.8 Å². The fourth-order valence-electron chi connectivity index (χ4n) is 0.737. The molecule has 0 aromatic carbocycles. The molecule has 0 N–H and O–H groups in total. The normalized spacial score (nSPS) is 12.1. The molecule has 0 saturated heterocycles. The van der Waals surface area contributed by atoms with E-state index in [1.807, 2.05) is 19.9 Å². The van der Waals surface area contributed by atoms with E-state index in [4.69, 9.17) is 16.0 Å². The molecule has 0 amide bonds. The molecule has 1 rings (SSSR count). The van der Waals surface area contributed by atoms with Gasteiger partial charge in [-0.3, -0.25) is 0 Å². The van der Waals surface area contributed by atoms with Gasteiger partial charge in [-0.25, -0.2) is 4.98 Å². The van der Waals surface area contributed by atoms with Crippen LogP contribution in [0.25, 0.3) is 6.08 Å². The minimum atomic E-state index is 0.534. The number of oxazole rings is 1. The second-order valence-corrected chi connectivity index (χ2v) is 2.68. The SMILES string of the molecule is C/C(=C\c1coc(C)n1)CCl. The summed E-state index contributed by atoms with van der Waals surface area (Å²) in [6.45, 7) is 3.77. The van der Waals surface area contributed by atoms with Gasteiger partial charge in [-0.1, -0.05) is 5.57 Å². The van der Waals surface area contributed by atoms with Crippen LogP contribution in [0.15, 0.2) is 16.3 Å². The smallest absolute Gasteiger partial charge is 0.191 e. The van der Waals surface area contributed by atoms with Crippen molar-refractivity contribution < 1.29 is 4.42 Å². The Labute approximate surface area is 70.9 Å². The zero-order valence-corrected chi connectivity index (χ0v) is 7.35. The number of allylic oxidation sites excluding steroid dienone is 1. The molecular formula is C8H10ClNO. The molecule has 0 bridgehead atoms. The topological polar surface area (TPSA) is 26.0 Å². The summed E-state index contributed by atoms with van der Waals surface area (Å²) in [5.41, 5.74) is 1.92. The average molecular weight is 172 g/mol. The summed E-state index contributed by atoms with van der Waals surface area (Å²) in [6, 6.07) is 0. The second-order valence-electron chi connectivity index (χ2n) is 2.42. The Bertz CT molecular complexity index is 265. The van der Waals surface area contributed by atoms with Crippen LogP contribution in [0.2, 0.25) is 0 Å². The summed E-state index contributed by atoms with van der Waals surface area (Å²) in [6.07, 6.45) is 3.52. The van der Waals surface area contributed by atoms with E-state index in [-0.39, 0.29) is 0 Å². The van der Waals surface area contributed by atoms with Crippen molar-refractivity contribution in [3.05, 3.63) is 23.4 Å². The molecule has 0 fully saturated rings. The number of halogens is 1. The van der Waals surface area contributed by atoms with E-state index >= 15 is 0 Å². The van der Waals surface area contributed by atoms with Gasteiger partial charge in [-0.2, -0.15) is 0 Å². The number of aromatic nitrogens is 1. The molecule has 0 unspecified atom stereocenters. The van der Waals surface area contributed by atoms with Crippen LogP contribution in [0, 0.1) is 6.92 Å². The summed E-state index contributed by atoms with van der Waals surface area (Å²) in [4.78, 5) is 4.10. The molecule has 0 spiro atoms. The third-order valence-corrected chi connectivity index (χ3v) is 1.66. The molecule has 0 saturated carbocycles. The number of aryl methyl sites for hydroxylation is 1. The van der Waals surface area contributed by atoms with Gasteiger partial charge < -0.3 is 4.42 Å². The molecule has 1 heterocycles. The van der Waals surface area contributed by atoms with Crippen LogP contribution < -0.4 is 0 Å². The lowest BCUT2D eigenvalue weighted by molar-refractivity contribution is 0.521. The standard InChI is InChI=1S/C8H10ClNO/c1-6(4-9)3-8-5-11-7(2)10-8/h3,5H,4H2,1-2H3/b6-3+. The number of rotatable bonds is 2. The van der Waals surface area contributed by atoms with Crippen molar-refractivity contribution in [1.82, 2.24) is 4.98 Å². The molecule has 0 aliphatic heterocycles. The van der Waals surface area contributed by atoms with Gasteiger partial charge in [0.25, 0.3) is 0 Å². The van der Waals surface area contributed by atoms with Crippen LogP contribution in [0.4, 0.5) is 0 Å². The van der Waals surface area contributed by atoms with E-state index < -0.39 is 0 Å². The first kappa shape index (κ1) is 8.34. The summed E-state index contributed by atoms with van der Waals surface area (Å²) >= 11 is 5.58. The third-order valence-electron chi connectivity index (χ3n) is 1.24. The third kappa shape index (κ3) is 2.39. The van der Waals surface area contributed by atoms with Crippen molar-refractivity contribution in [2.75, 3.05) is 5.88 Å². The lowest BCUT2D eigenvalue weighted by atomic mass is 10.3. The Hall–Kier alpha value is -0.760. The highest BCUT2D eigenvalue weighted by molar-refractivity contribution is 6.19. The maximum absolute atomic E-state index is 5.58. The summed E-state index contributed by atoms with van der Waals surface area (Å²) in [5, 5.41) is 0. The molecule has 2 nitrogen and oxygen atoms in total. The number of hydrogen-bond acceptors (Lipinski definition) is 2. The minimum Gasteiger partial charge on any atom is -0.449 e. The largest absolute Gasteiger partial charge is 0.449 e. The van der Waals surface area contributed by atoms with Crippen LogP contribution in [0.1, 0.15) is 18.5 Å². The van der Waals surface area contributed by atoms with Crippen LogP contribution in [-0.2, 0) is 0 Å². The van der Waals surface area contributed by atoms with Crippen molar-refractivity contribution in [2.24, 2.45) is 0 Å². The molecule has 0 atom stereocenters. The fourth-order valence-corrected chi connectivity index (χ4v) is 0.815. The van der Waals surface area contributed by atoms with E-state index in [0.717, 1.165) is 11.3 Å². The Balaban J connectivity index is 2.78. The lowest BCUT2D eigenvalue weighted by Crippen LogP contribution is -1.78. The first-order valence-electron chi connectivity index (χ1n) is 3.37. The molecule has 0 aliphatic rings. The average Bonchev–Trinajstić information content (AvgIpc) is 2.35. The second kappa shape index (κ2) is 3.58. The number of hydrogen-bond donors (Lipinski definition) is 0. The highest BCUT2D eigenvalue weighted by atomic mass is 35.5. The number of nitrogens with zero attached hydrogens (tertiary/aromatic N) is 1. The Kier molecular flexibility index (Phi) is 2.71. The van der Waals surface area contributed by atoms with Crippen LogP contribution >= 0.6 is 11.6 Å². The summed E-state index contributed by atoms with van der Waals surface area (Å²) in [7, 11) is 0. The molecule has 1 aromatic heterocycles. The predicted molar refractivity (Wildman–Crippen MR) is 45.6 cm³/mol. The van der Waals surface area contributed by atoms with E-state index in [9.17, 15) is 0 Å². The van der Waals surface area contributed by atoms with Crippen LogP contribution in [0.5, 0.6) is 0 Å². The van der Waals surface area contributed by atoms with Crippen molar-refractivity contribution in [3.8, 4) is 0 Å². The quantitative estimate of drug-likeness (QED) is 0.640. The van der Waals surface area contributed by atoms with Crippen molar-refractivity contribution in [2.45, 2.75) is 13.8 Å². The first-order chi connectivity index (χ1) is 5.22. The Morgan fingerprint density at radius 3 is 3.00 bits per heavy atom. The zero-order valence-electron chi connectivity index (χ0n) is 6.60. The lowest BCUT2D eigenvalue weighted by Gasteiger charge is -1.88. The van der Waals surface area contributed by atoms with Crippen molar-refractivity contribution in [3.63, 3.8) is 0 Å². The maximum Gasteiger partial charge on any atom is 0.191 e. The molecule has 1 aromatic rings. The molecule has 11 heavy (non-hydrogen) atoms. The molecule has 3 heteroatoms. The van der Waals surface area contributed by atoms with E-state index in [1.165, 1.54) is 0 Å². The molecule has 0 aliphatic carbocycles. The van der Waals surface area contributed by atoms with Gasteiger partial charge in [-0.05, 0) is 13.0 Å². The highest BCUT2D eigenvalue weighted by Crippen LogP contribution is 2.06. The highest BCUT2D eigenvalue weighted by Gasteiger charge is 1.95. The minimum absolute atomic E-state index is 0.534. The number of alkyl halides is 1. The van der Waals surface area contributed by atoms with E-state index in [1.54, 1.807) is 6.26 Å². The molecular weight excluding hydrogens is 162 g/mol. The van der Waals surface area contributed by atoms with Gasteiger partial charge in [0.05, 0.1) is 0 Å². The van der Waals surface area contributed by atoms with Gasteiger partial charge in [-0.15, -0.1) is 11.6 Å². The monoisotopic (exact) mass is 171 g/mol. The van der Waals surface area contributed by atoms with Crippen LogP contribution in [-0.4, -0.2) is 10.9 Å². The maximum atomic E-state index is 5.58. The Morgan fingerprint density at radius 1 is 1.82 bits per heavy atom. The van der Waals surface area contributed by atoms with E-state index in [2.05, 4.69) is 4.98 Å². The first-order valence-corrected chi connectivity index (χ1v) is 3.91. The van der Waals surface area contributed by atoms with Crippen LogP contribution in [0.3, 0.4) is 0 Å². The zero-order chi connectivity index (χ0) is 8.27. The van der Waals surface area contributed by atoms with Gasteiger partial charge in [0.1, 0.15) is 12.0 Å². The summed E-state index contributed by atoms with van der Waals surface area (Å²) < 4.78 is 5.01. The van der Waals surface area contributed by atoms with Crippen molar-refractivity contribution in [1.29, 1.82) is 0 Å². The summed E-state index contributed by atoms with van der Waals surface area (Å²) in [5.74, 6) is 1.21. The van der Waals surface area contributed by atoms with Gasteiger partial charge >= 0.3 is 0 Å². The van der Waals surface area contributed by atoms with Gasteiger partial charge in [0.2, 0.25) is 0 Å². The molecule has 60 valence electrons. The van der Waals surface area contributed by atoms with Gasteiger partial charge in [0.15, 0.2) is 5.89 Å². The Morgan fingerprint density at radius 2 is 2.55 bits per heavy atom. The predicted octanol–water partition coefficient (Wildman–Crippen LogP) is 2.63. The van der Waals surface area contributed by atoms with Crippen molar-refractivity contribution >= 4 is 17.7 Å².